The first-order valence-electron chi connectivity index (χ1n) is 9.25. The highest BCUT2D eigenvalue weighted by atomic mass is 16.1. The van der Waals surface area contributed by atoms with E-state index >= 15 is 0 Å². The van der Waals surface area contributed by atoms with Crippen LogP contribution in [0.2, 0.25) is 0 Å². The van der Waals surface area contributed by atoms with E-state index in [9.17, 15) is 4.79 Å². The molecule has 1 aromatic heterocycles. The molecule has 5 heteroatoms. The van der Waals surface area contributed by atoms with Crippen LogP contribution in [-0.2, 0) is 0 Å². The molecule has 25 heavy (non-hydrogen) atoms. The average Bonchev–Trinajstić information content (AvgIpc) is 2.95. The van der Waals surface area contributed by atoms with Crippen molar-refractivity contribution in [3.05, 3.63) is 23.5 Å². The molecule has 0 radical (unpaired) electrons. The number of nitrogens with zero attached hydrogens (tertiary/aromatic N) is 3. The fourth-order valence-corrected chi connectivity index (χ4v) is 3.60. The van der Waals surface area contributed by atoms with Crippen molar-refractivity contribution in [2.75, 3.05) is 31.1 Å². The number of anilines is 1. The maximum absolute atomic E-state index is 12.5. The molecule has 1 saturated heterocycles. The molecule has 2 aromatic rings. The molecule has 1 N–H and O–H groups in total. The first kappa shape index (κ1) is 17.9. The molecule has 3 rings (SSSR count). The van der Waals surface area contributed by atoms with Gasteiger partial charge in [-0.3, -0.25) is 9.69 Å². The number of fused-ring (bicyclic) bond motifs is 1. The van der Waals surface area contributed by atoms with E-state index in [-0.39, 0.29) is 5.78 Å². The number of hydrogen-bond acceptors (Lipinski definition) is 4. The van der Waals surface area contributed by atoms with Crippen molar-refractivity contribution in [2.45, 2.75) is 47.6 Å². The van der Waals surface area contributed by atoms with Gasteiger partial charge in [0, 0.05) is 36.8 Å². The minimum Gasteiger partial charge on any atom is -0.366 e. The number of ketones is 1. The number of imidazole rings is 1. The second kappa shape index (κ2) is 6.45. The summed E-state index contributed by atoms with van der Waals surface area (Å²) in [7, 11) is 0. The van der Waals surface area contributed by atoms with Crippen molar-refractivity contribution < 1.29 is 4.79 Å². The Hall–Kier alpha value is -1.88. The highest BCUT2D eigenvalue weighted by Gasteiger charge is 2.27. The standard InChI is InChI=1S/C20H30N4O/c1-7-23-8-9-24(14(3)12-23)17-11-16-15(10-13(17)2)21-19(22-16)18(25)20(4,5)6/h10-11,14H,7-9,12H2,1-6H3,(H,21,22). The molecule has 1 atom stereocenters. The van der Waals surface area contributed by atoms with Gasteiger partial charge in [0.05, 0.1) is 11.0 Å². The van der Waals surface area contributed by atoms with E-state index in [0.717, 1.165) is 37.2 Å². The quantitative estimate of drug-likeness (QED) is 0.866. The number of aromatic nitrogens is 2. The van der Waals surface area contributed by atoms with Crippen molar-refractivity contribution in [1.29, 1.82) is 0 Å². The van der Waals surface area contributed by atoms with Crippen molar-refractivity contribution in [2.24, 2.45) is 5.41 Å². The van der Waals surface area contributed by atoms with Gasteiger partial charge < -0.3 is 9.88 Å². The molecule has 0 aliphatic carbocycles. The summed E-state index contributed by atoms with van der Waals surface area (Å²) in [5.74, 6) is 0.510. The molecule has 0 spiro atoms. The zero-order valence-electron chi connectivity index (χ0n) is 16.3. The largest absolute Gasteiger partial charge is 0.366 e. The van der Waals surface area contributed by atoms with Gasteiger partial charge in [-0.1, -0.05) is 27.7 Å². The SMILES string of the molecule is CCN1CCN(c2cc3nc(C(=O)C(C)(C)C)[nH]c3cc2C)C(C)C1. The van der Waals surface area contributed by atoms with Crippen LogP contribution in [0.5, 0.6) is 0 Å². The van der Waals surface area contributed by atoms with E-state index in [1.165, 1.54) is 11.3 Å². The number of aryl methyl sites for hydroxylation is 1. The predicted molar refractivity (Wildman–Crippen MR) is 104 cm³/mol. The van der Waals surface area contributed by atoms with Crippen molar-refractivity contribution in [3.63, 3.8) is 0 Å². The van der Waals surface area contributed by atoms with Crippen LogP contribution in [0.25, 0.3) is 11.0 Å². The van der Waals surface area contributed by atoms with Gasteiger partial charge in [-0.05, 0) is 38.1 Å². The van der Waals surface area contributed by atoms with E-state index in [1.807, 2.05) is 20.8 Å². The Labute approximate surface area is 150 Å². The van der Waals surface area contributed by atoms with Gasteiger partial charge in [-0.2, -0.15) is 0 Å². The van der Waals surface area contributed by atoms with Gasteiger partial charge in [0.25, 0.3) is 0 Å². The molecule has 5 nitrogen and oxygen atoms in total. The second-order valence-electron chi connectivity index (χ2n) is 8.26. The van der Waals surface area contributed by atoms with Crippen molar-refractivity contribution in [3.8, 4) is 0 Å². The van der Waals surface area contributed by atoms with Gasteiger partial charge >= 0.3 is 0 Å². The lowest BCUT2D eigenvalue weighted by Crippen LogP contribution is -2.52. The number of rotatable bonds is 3. The lowest BCUT2D eigenvalue weighted by atomic mass is 9.90. The summed E-state index contributed by atoms with van der Waals surface area (Å²) >= 11 is 0. The number of piperazine rings is 1. The topological polar surface area (TPSA) is 52.2 Å². The summed E-state index contributed by atoms with van der Waals surface area (Å²) in [5.41, 5.74) is 3.84. The van der Waals surface area contributed by atoms with Gasteiger partial charge in [0.1, 0.15) is 0 Å². The third kappa shape index (κ3) is 3.43. The Morgan fingerprint density at radius 2 is 2.04 bits per heavy atom. The number of aromatic amines is 1. The van der Waals surface area contributed by atoms with Crippen LogP contribution in [0, 0.1) is 12.3 Å². The fourth-order valence-electron chi connectivity index (χ4n) is 3.60. The highest BCUT2D eigenvalue weighted by Crippen LogP contribution is 2.29. The smallest absolute Gasteiger partial charge is 0.203 e. The molecule has 1 aromatic carbocycles. The first-order chi connectivity index (χ1) is 11.7. The monoisotopic (exact) mass is 342 g/mol. The van der Waals surface area contributed by atoms with Crippen molar-refractivity contribution >= 4 is 22.5 Å². The minimum absolute atomic E-state index is 0.0489. The van der Waals surface area contributed by atoms with Crippen LogP contribution in [0.1, 0.15) is 50.8 Å². The summed E-state index contributed by atoms with van der Waals surface area (Å²) in [6, 6.07) is 4.73. The average molecular weight is 342 g/mol. The summed E-state index contributed by atoms with van der Waals surface area (Å²) < 4.78 is 0. The molecule has 1 aliphatic rings. The number of H-pyrrole nitrogens is 1. The molecule has 2 heterocycles. The summed E-state index contributed by atoms with van der Waals surface area (Å²) in [6.07, 6.45) is 0. The number of carbonyl (C=O) groups is 1. The van der Waals surface area contributed by atoms with Crippen molar-refractivity contribution in [1.82, 2.24) is 14.9 Å². The zero-order valence-corrected chi connectivity index (χ0v) is 16.3. The predicted octanol–water partition coefficient (Wildman–Crippen LogP) is 3.63. The Kier molecular flexibility index (Phi) is 4.62. The maximum Gasteiger partial charge on any atom is 0.203 e. The van der Waals surface area contributed by atoms with Gasteiger partial charge in [0.2, 0.25) is 5.78 Å². The zero-order chi connectivity index (χ0) is 18.4. The number of hydrogen-bond donors (Lipinski definition) is 1. The van der Waals surface area contributed by atoms with Gasteiger partial charge in [0.15, 0.2) is 5.82 Å². The number of likely N-dealkylation sites (N-methyl/N-ethyl adjacent to an activating group) is 1. The van der Waals surface area contributed by atoms with Crippen LogP contribution in [0.15, 0.2) is 12.1 Å². The maximum atomic E-state index is 12.5. The van der Waals surface area contributed by atoms with Crippen LogP contribution in [0.3, 0.4) is 0 Å². The number of Topliss-reactive ketones (excluding diaryl/α,β-unsaturated/α-hetero) is 1. The molecule has 1 unspecified atom stereocenters. The lowest BCUT2D eigenvalue weighted by Gasteiger charge is -2.41. The van der Waals surface area contributed by atoms with E-state index < -0.39 is 5.41 Å². The van der Waals surface area contributed by atoms with Crippen LogP contribution >= 0.6 is 0 Å². The number of carbonyl (C=O) groups excluding carboxylic acids is 1. The van der Waals surface area contributed by atoms with E-state index in [2.05, 4.69) is 52.7 Å². The van der Waals surface area contributed by atoms with Crippen LogP contribution in [-0.4, -0.2) is 52.9 Å². The third-order valence-electron chi connectivity index (χ3n) is 5.16. The van der Waals surface area contributed by atoms with Gasteiger partial charge in [-0.15, -0.1) is 0 Å². The minimum atomic E-state index is -0.434. The van der Waals surface area contributed by atoms with Crippen LogP contribution in [0.4, 0.5) is 5.69 Å². The van der Waals surface area contributed by atoms with E-state index in [0.29, 0.717) is 11.9 Å². The number of nitrogens with one attached hydrogen (secondary N) is 1. The Balaban J connectivity index is 1.95. The molecule has 1 fully saturated rings. The molecular formula is C20H30N4O. The molecule has 136 valence electrons. The summed E-state index contributed by atoms with van der Waals surface area (Å²) in [6.45, 7) is 16.7. The third-order valence-corrected chi connectivity index (χ3v) is 5.16. The Morgan fingerprint density at radius 3 is 2.64 bits per heavy atom. The van der Waals surface area contributed by atoms with Crippen LogP contribution < -0.4 is 4.90 Å². The van der Waals surface area contributed by atoms with Gasteiger partial charge in [-0.25, -0.2) is 4.98 Å². The summed E-state index contributed by atoms with van der Waals surface area (Å²) in [5, 5.41) is 0. The molecule has 0 saturated carbocycles. The highest BCUT2D eigenvalue weighted by molar-refractivity contribution is 5.99. The molecular weight excluding hydrogens is 312 g/mol. The second-order valence-corrected chi connectivity index (χ2v) is 8.26. The molecule has 0 amide bonds. The molecule has 0 bridgehead atoms. The summed E-state index contributed by atoms with van der Waals surface area (Å²) in [4.78, 5) is 25.3. The Bertz CT molecular complexity index is 787. The normalized spacial score (nSPS) is 19.6. The van der Waals surface area contributed by atoms with E-state index in [4.69, 9.17) is 0 Å². The van der Waals surface area contributed by atoms with E-state index in [1.54, 1.807) is 0 Å². The fraction of sp³-hybridized carbons (Fsp3) is 0.600. The first-order valence-corrected chi connectivity index (χ1v) is 9.25. The Morgan fingerprint density at radius 1 is 1.32 bits per heavy atom. The molecule has 1 aliphatic heterocycles. The number of benzene rings is 1. The lowest BCUT2D eigenvalue weighted by molar-refractivity contribution is 0.0848.